The molecule has 1 aromatic heterocycles. The van der Waals surface area contributed by atoms with Crippen LogP contribution in [0.25, 0.3) is 0 Å². The predicted octanol–water partition coefficient (Wildman–Crippen LogP) is 3.46. The molecule has 3 aliphatic carbocycles. The van der Waals surface area contributed by atoms with Crippen molar-refractivity contribution in [2.45, 2.75) is 32.6 Å². The van der Waals surface area contributed by atoms with Crippen molar-refractivity contribution in [2.75, 3.05) is 36.5 Å². The summed E-state index contributed by atoms with van der Waals surface area (Å²) < 4.78 is 23.5. The third-order valence-electron chi connectivity index (χ3n) is 6.91. The molecule has 1 N–H and O–H groups in total. The van der Waals surface area contributed by atoms with Gasteiger partial charge in [-0.3, -0.25) is 4.79 Å². The van der Waals surface area contributed by atoms with Crippen molar-refractivity contribution in [3.8, 4) is 0 Å². The average molecular weight is 433 g/mol. The first-order valence-electron chi connectivity index (χ1n) is 10.4. The minimum atomic E-state index is -3.01. The maximum Gasteiger partial charge on any atom is 0.256 e. The van der Waals surface area contributed by atoms with Crippen molar-refractivity contribution in [3.63, 3.8) is 0 Å². The minimum absolute atomic E-state index is 0.0406. The van der Waals surface area contributed by atoms with E-state index in [1.807, 2.05) is 6.07 Å². The topological polar surface area (TPSA) is 66.5 Å². The molecule has 2 fully saturated rings. The Morgan fingerprint density at radius 3 is 2.55 bits per heavy atom. The van der Waals surface area contributed by atoms with Crippen molar-refractivity contribution in [1.82, 2.24) is 4.90 Å². The van der Waals surface area contributed by atoms with Gasteiger partial charge >= 0.3 is 0 Å². The van der Waals surface area contributed by atoms with Gasteiger partial charge in [0.2, 0.25) is 0 Å². The second kappa shape index (κ2) is 6.20. The normalized spacial score (nSPS) is 31.6. The van der Waals surface area contributed by atoms with E-state index in [2.05, 4.69) is 44.3 Å². The molecule has 5 rings (SSSR count). The van der Waals surface area contributed by atoms with Crippen LogP contribution in [0.15, 0.2) is 29.9 Å². The molecule has 1 saturated carbocycles. The second-order valence-electron chi connectivity index (χ2n) is 9.90. The number of anilines is 1. The molecule has 0 aromatic carbocycles. The molecule has 7 heteroatoms. The molecule has 1 amide bonds. The molecule has 5 nitrogen and oxygen atoms in total. The van der Waals surface area contributed by atoms with Crippen molar-refractivity contribution in [3.05, 3.63) is 40.3 Å². The van der Waals surface area contributed by atoms with Gasteiger partial charge in [0.1, 0.15) is 5.00 Å². The molecule has 29 heavy (non-hydrogen) atoms. The first kappa shape index (κ1) is 19.4. The third-order valence-corrected chi connectivity index (χ3v) is 10.0. The highest BCUT2D eigenvalue weighted by atomic mass is 32.2. The summed E-state index contributed by atoms with van der Waals surface area (Å²) in [5.74, 6) is 1.36. The fourth-order valence-corrected chi connectivity index (χ4v) is 7.14. The van der Waals surface area contributed by atoms with Crippen molar-refractivity contribution in [1.29, 1.82) is 0 Å². The number of thiophene rings is 1. The zero-order valence-corrected chi connectivity index (χ0v) is 18.8. The highest BCUT2D eigenvalue weighted by Crippen LogP contribution is 2.71. The number of amides is 1. The van der Waals surface area contributed by atoms with Gasteiger partial charge in [0.05, 0.1) is 17.1 Å². The van der Waals surface area contributed by atoms with E-state index in [-0.39, 0.29) is 35.9 Å². The van der Waals surface area contributed by atoms with E-state index in [1.165, 1.54) is 12.0 Å². The van der Waals surface area contributed by atoms with Gasteiger partial charge in [-0.1, -0.05) is 44.6 Å². The molecule has 4 aliphatic rings. The van der Waals surface area contributed by atoms with Gasteiger partial charge < -0.3 is 10.2 Å². The Morgan fingerprint density at radius 1 is 1.31 bits per heavy atom. The maximum absolute atomic E-state index is 13.2. The average Bonchev–Trinajstić information content (AvgIpc) is 3.19. The van der Waals surface area contributed by atoms with Gasteiger partial charge in [-0.25, -0.2) is 8.42 Å². The van der Waals surface area contributed by atoms with Crippen LogP contribution in [0.2, 0.25) is 0 Å². The van der Waals surface area contributed by atoms with Crippen LogP contribution in [-0.2, 0) is 15.3 Å². The zero-order valence-electron chi connectivity index (χ0n) is 17.2. The second-order valence-corrected chi connectivity index (χ2v) is 13.3. The molecule has 0 radical (unpaired) electrons. The summed E-state index contributed by atoms with van der Waals surface area (Å²) in [6.07, 6.45) is 8.34. The quantitative estimate of drug-likeness (QED) is 0.740. The van der Waals surface area contributed by atoms with E-state index in [4.69, 9.17) is 0 Å². The van der Waals surface area contributed by atoms with Gasteiger partial charge in [-0.2, -0.15) is 0 Å². The number of carbonyl (C=O) groups is 1. The number of sulfone groups is 1. The lowest BCUT2D eigenvalue weighted by molar-refractivity contribution is 0.0771. The summed E-state index contributed by atoms with van der Waals surface area (Å²) in [5.41, 5.74) is 2.56. The lowest BCUT2D eigenvalue weighted by Gasteiger charge is -2.27. The van der Waals surface area contributed by atoms with Crippen LogP contribution in [0.5, 0.6) is 0 Å². The van der Waals surface area contributed by atoms with Crippen LogP contribution in [0, 0.1) is 17.3 Å². The summed E-state index contributed by atoms with van der Waals surface area (Å²) in [6, 6.07) is 2.01. The molecule has 1 aliphatic heterocycles. The summed E-state index contributed by atoms with van der Waals surface area (Å²) in [5, 5.41) is 4.48. The van der Waals surface area contributed by atoms with Crippen molar-refractivity contribution in [2.24, 2.45) is 17.3 Å². The molecule has 156 valence electrons. The molecule has 0 bridgehead atoms. The van der Waals surface area contributed by atoms with E-state index < -0.39 is 9.84 Å². The zero-order chi connectivity index (χ0) is 20.6. The fraction of sp³-hybridized carbons (Fsp3) is 0.591. The smallest absolute Gasteiger partial charge is 0.256 e. The molecule has 1 spiro atoms. The van der Waals surface area contributed by atoms with Crippen LogP contribution < -0.4 is 5.32 Å². The van der Waals surface area contributed by atoms with Gasteiger partial charge in [-0.05, 0) is 23.8 Å². The molecule has 2 unspecified atom stereocenters. The molecule has 1 saturated heterocycles. The number of nitrogens with zero attached hydrogens (tertiary/aromatic N) is 1. The Kier molecular flexibility index (Phi) is 4.14. The Morgan fingerprint density at radius 2 is 2.03 bits per heavy atom. The largest absolute Gasteiger partial charge is 0.373 e. The van der Waals surface area contributed by atoms with E-state index >= 15 is 0 Å². The van der Waals surface area contributed by atoms with E-state index in [0.717, 1.165) is 16.4 Å². The van der Waals surface area contributed by atoms with Crippen LogP contribution in [0.4, 0.5) is 5.00 Å². The maximum atomic E-state index is 13.2. The van der Waals surface area contributed by atoms with E-state index in [9.17, 15) is 13.2 Å². The summed E-state index contributed by atoms with van der Waals surface area (Å²) in [4.78, 5) is 16.1. The molecule has 1 aromatic rings. The number of nitrogens with one attached hydrogen (secondary N) is 1. The Hall–Kier alpha value is -1.60. The first-order chi connectivity index (χ1) is 13.6. The van der Waals surface area contributed by atoms with Crippen LogP contribution in [-0.4, -0.2) is 50.4 Å². The standard InChI is InChI=1S/C22H28N2O3S2/c1-21(2,3)18-11-16(20(25)24-6-8-29(26,27)9-7-24)19(28-18)23-13-14-10-15-4-5-22(15)12-17(14)22/h4-5,10-11,15,17,23H,6-9,12-13H2,1-3H3/t15?,17?,22-/m0/s1. The van der Waals surface area contributed by atoms with Crippen LogP contribution in [0.1, 0.15) is 42.4 Å². The van der Waals surface area contributed by atoms with Gasteiger partial charge in [-0.15, -0.1) is 11.3 Å². The van der Waals surface area contributed by atoms with E-state index in [0.29, 0.717) is 22.8 Å². The summed E-state index contributed by atoms with van der Waals surface area (Å²) in [6.45, 7) is 7.81. The highest BCUT2D eigenvalue weighted by Gasteiger charge is 2.64. The first-order valence-corrected chi connectivity index (χ1v) is 13.0. The van der Waals surface area contributed by atoms with Crippen LogP contribution >= 0.6 is 11.3 Å². The fourth-order valence-electron chi connectivity index (χ4n) is 4.84. The van der Waals surface area contributed by atoms with Gasteiger partial charge in [0, 0.05) is 35.8 Å². The Bertz CT molecular complexity index is 1030. The molecule has 2 heterocycles. The molecular formula is C22H28N2O3S2. The third kappa shape index (κ3) is 3.17. The Balaban J connectivity index is 1.35. The number of rotatable bonds is 4. The van der Waals surface area contributed by atoms with Crippen molar-refractivity contribution < 1.29 is 13.2 Å². The lowest BCUT2D eigenvalue weighted by Crippen LogP contribution is -2.43. The van der Waals surface area contributed by atoms with Gasteiger partial charge in [0.15, 0.2) is 9.84 Å². The number of hydrogen-bond acceptors (Lipinski definition) is 5. The molecule has 3 atom stereocenters. The highest BCUT2D eigenvalue weighted by molar-refractivity contribution is 7.91. The van der Waals surface area contributed by atoms with Crippen LogP contribution in [0.3, 0.4) is 0 Å². The predicted molar refractivity (Wildman–Crippen MR) is 117 cm³/mol. The number of hydrogen-bond donors (Lipinski definition) is 1. The molecular weight excluding hydrogens is 404 g/mol. The van der Waals surface area contributed by atoms with E-state index in [1.54, 1.807) is 16.2 Å². The van der Waals surface area contributed by atoms with Gasteiger partial charge in [0.25, 0.3) is 5.91 Å². The monoisotopic (exact) mass is 432 g/mol. The van der Waals surface area contributed by atoms with Crippen molar-refractivity contribution >= 4 is 32.1 Å². The number of allylic oxidation sites excluding steroid dienone is 3. The lowest BCUT2D eigenvalue weighted by atomic mass is 9.80. The minimum Gasteiger partial charge on any atom is -0.373 e. The Labute approximate surface area is 176 Å². The summed E-state index contributed by atoms with van der Waals surface area (Å²) >= 11 is 1.65. The SMILES string of the molecule is CC(C)(C)c1cc(C(=O)N2CCS(=O)(=O)CC2)c(NCC2=CC3C=C[C@]34CC24)s1. The summed E-state index contributed by atoms with van der Waals surface area (Å²) in [7, 11) is -3.01. The number of carbonyl (C=O) groups excluding carboxylic acids is 1.